The lowest BCUT2D eigenvalue weighted by atomic mass is 10.1. The molecule has 0 spiro atoms. The lowest BCUT2D eigenvalue weighted by Crippen LogP contribution is -2.48. The van der Waals surface area contributed by atoms with E-state index in [1.54, 1.807) is 29.2 Å². The van der Waals surface area contributed by atoms with Gasteiger partial charge in [0.2, 0.25) is 0 Å². The number of halogens is 1. The van der Waals surface area contributed by atoms with E-state index in [2.05, 4.69) is 0 Å². The van der Waals surface area contributed by atoms with Gasteiger partial charge in [0.05, 0.1) is 5.69 Å². The fourth-order valence-corrected chi connectivity index (χ4v) is 4.37. The van der Waals surface area contributed by atoms with Crippen molar-refractivity contribution in [2.24, 2.45) is 11.7 Å². The first-order valence-corrected chi connectivity index (χ1v) is 9.00. The fourth-order valence-electron chi connectivity index (χ4n) is 2.35. The molecule has 122 valence electrons. The number of hydrogen-bond donors (Lipinski definition) is 3. The molecule has 2 aromatic rings. The van der Waals surface area contributed by atoms with Crippen LogP contribution in [0.1, 0.15) is 29.2 Å². The van der Waals surface area contributed by atoms with Crippen LogP contribution in [0.5, 0.6) is 0 Å². The summed E-state index contributed by atoms with van der Waals surface area (Å²) in [5, 5.41) is 2.88. The van der Waals surface area contributed by atoms with E-state index in [1.807, 2.05) is 22.9 Å². The van der Waals surface area contributed by atoms with Gasteiger partial charge in [-0.2, -0.15) is 0 Å². The minimum absolute atomic E-state index is 0.338. The number of nitrogens with two attached hydrogens (primary N) is 2. The highest BCUT2D eigenvalue weighted by atomic mass is 32.2. The Kier molecular flexibility index (Phi) is 4.86. The quantitative estimate of drug-likeness (QED) is 0.334. The molecule has 0 atom stereocenters. The van der Waals surface area contributed by atoms with Crippen LogP contribution in [0.15, 0.2) is 34.5 Å². The standard InChI is InChI=1S/C15H17FN4OS2/c16-10-6-12(9-3-4-9)14(23-8-11-2-1-5-22-11)13(7-10)20(18)15(21)19-17/h1-2,5-7,9H,3-4,8,17-18H2,(H,19,21). The fraction of sp³-hybridized carbons (Fsp3) is 0.267. The molecule has 23 heavy (non-hydrogen) atoms. The zero-order valence-electron chi connectivity index (χ0n) is 12.3. The molecule has 5 nitrogen and oxygen atoms in total. The van der Waals surface area contributed by atoms with E-state index in [0.29, 0.717) is 11.6 Å². The van der Waals surface area contributed by atoms with Crippen molar-refractivity contribution in [3.63, 3.8) is 0 Å². The van der Waals surface area contributed by atoms with Gasteiger partial charge < -0.3 is 0 Å². The van der Waals surface area contributed by atoms with Crippen LogP contribution in [0.25, 0.3) is 0 Å². The van der Waals surface area contributed by atoms with Crippen LogP contribution >= 0.6 is 23.1 Å². The molecule has 0 radical (unpaired) electrons. The van der Waals surface area contributed by atoms with E-state index >= 15 is 0 Å². The number of anilines is 1. The Morgan fingerprint density at radius 1 is 1.48 bits per heavy atom. The van der Waals surface area contributed by atoms with Crippen LogP contribution < -0.4 is 22.1 Å². The summed E-state index contributed by atoms with van der Waals surface area (Å²) in [6.07, 6.45) is 2.06. The normalized spacial score (nSPS) is 13.9. The molecule has 1 aromatic heterocycles. The Hall–Kier alpha value is -1.61. The molecular formula is C15H17FN4OS2. The van der Waals surface area contributed by atoms with Crippen molar-refractivity contribution < 1.29 is 9.18 Å². The molecule has 1 heterocycles. The molecule has 5 N–H and O–H groups in total. The lowest BCUT2D eigenvalue weighted by Gasteiger charge is -2.21. The number of urea groups is 1. The molecule has 1 fully saturated rings. The number of thioether (sulfide) groups is 1. The van der Waals surface area contributed by atoms with E-state index in [9.17, 15) is 9.18 Å². The van der Waals surface area contributed by atoms with E-state index in [1.165, 1.54) is 10.9 Å². The summed E-state index contributed by atoms with van der Waals surface area (Å²) in [6, 6.07) is 6.18. The molecular weight excluding hydrogens is 335 g/mol. The third kappa shape index (κ3) is 3.66. The smallest absolute Gasteiger partial charge is 0.274 e. The van der Waals surface area contributed by atoms with Gasteiger partial charge in [-0.3, -0.25) is 5.43 Å². The van der Waals surface area contributed by atoms with Crippen LogP contribution in [-0.2, 0) is 5.75 Å². The van der Waals surface area contributed by atoms with Crippen LogP contribution in [0, 0.1) is 5.82 Å². The molecule has 2 amide bonds. The number of thiophene rings is 1. The summed E-state index contributed by atoms with van der Waals surface area (Å²) in [5.41, 5.74) is 3.24. The van der Waals surface area contributed by atoms with Crippen LogP contribution in [-0.4, -0.2) is 6.03 Å². The summed E-state index contributed by atoms with van der Waals surface area (Å²) in [4.78, 5) is 13.8. The maximum absolute atomic E-state index is 14.0. The van der Waals surface area contributed by atoms with Crippen molar-refractivity contribution in [3.05, 3.63) is 45.9 Å². The van der Waals surface area contributed by atoms with E-state index in [4.69, 9.17) is 11.7 Å². The molecule has 8 heteroatoms. The molecule has 1 aliphatic carbocycles. The molecule has 1 saturated carbocycles. The van der Waals surface area contributed by atoms with Gasteiger partial charge in [-0.15, -0.1) is 23.1 Å². The highest BCUT2D eigenvalue weighted by molar-refractivity contribution is 7.98. The predicted octanol–water partition coefficient (Wildman–Crippen LogP) is 3.32. The number of hydrogen-bond acceptors (Lipinski definition) is 5. The van der Waals surface area contributed by atoms with E-state index in [0.717, 1.165) is 34.1 Å². The summed E-state index contributed by atoms with van der Waals surface area (Å²) >= 11 is 3.23. The number of nitrogens with one attached hydrogen (secondary N) is 1. The highest BCUT2D eigenvalue weighted by Gasteiger charge is 2.30. The molecule has 1 aromatic carbocycles. The lowest BCUT2D eigenvalue weighted by molar-refractivity contribution is 0.246. The summed E-state index contributed by atoms with van der Waals surface area (Å²) < 4.78 is 14.0. The number of nitrogens with zero attached hydrogens (tertiary/aromatic N) is 1. The van der Waals surface area contributed by atoms with Gasteiger partial charge >= 0.3 is 6.03 Å². The zero-order chi connectivity index (χ0) is 16.4. The Labute approximate surface area is 141 Å². The Morgan fingerprint density at radius 2 is 2.26 bits per heavy atom. The Bertz CT molecular complexity index is 704. The number of carbonyl (C=O) groups is 1. The Morgan fingerprint density at radius 3 is 2.87 bits per heavy atom. The van der Waals surface area contributed by atoms with Crippen molar-refractivity contribution in [1.29, 1.82) is 0 Å². The number of benzene rings is 1. The first-order valence-electron chi connectivity index (χ1n) is 7.14. The average Bonchev–Trinajstić information content (AvgIpc) is 3.27. The third-order valence-electron chi connectivity index (χ3n) is 3.62. The molecule has 0 aliphatic heterocycles. The summed E-state index contributed by atoms with van der Waals surface area (Å²) in [7, 11) is 0. The van der Waals surface area contributed by atoms with Crippen molar-refractivity contribution in [2.75, 3.05) is 5.01 Å². The van der Waals surface area contributed by atoms with Gasteiger partial charge in [-0.05, 0) is 41.8 Å². The molecule has 3 rings (SSSR count). The molecule has 0 unspecified atom stereocenters. The second-order valence-electron chi connectivity index (χ2n) is 5.31. The molecule has 0 bridgehead atoms. The van der Waals surface area contributed by atoms with Gasteiger partial charge in [0.1, 0.15) is 5.82 Å². The number of amides is 2. The van der Waals surface area contributed by atoms with Crippen LogP contribution in [0.3, 0.4) is 0 Å². The SMILES string of the molecule is NNC(=O)N(N)c1cc(F)cc(C2CC2)c1SCc1cccs1. The first kappa shape index (κ1) is 16.3. The van der Waals surface area contributed by atoms with Gasteiger partial charge in [-0.25, -0.2) is 25.9 Å². The van der Waals surface area contributed by atoms with Crippen molar-refractivity contribution >= 4 is 34.8 Å². The van der Waals surface area contributed by atoms with E-state index in [-0.39, 0.29) is 0 Å². The van der Waals surface area contributed by atoms with Gasteiger partial charge in [0, 0.05) is 21.6 Å². The maximum atomic E-state index is 14.0. The summed E-state index contributed by atoms with van der Waals surface area (Å²) in [6.45, 7) is 0. The monoisotopic (exact) mass is 352 g/mol. The van der Waals surface area contributed by atoms with Crippen molar-refractivity contribution in [1.82, 2.24) is 5.43 Å². The Balaban J connectivity index is 1.96. The number of hydrazine groups is 2. The number of carbonyl (C=O) groups excluding carboxylic acids is 1. The summed E-state index contributed by atoms with van der Waals surface area (Å²) in [5.74, 6) is 11.6. The van der Waals surface area contributed by atoms with Gasteiger partial charge in [0.15, 0.2) is 0 Å². The third-order valence-corrected chi connectivity index (χ3v) is 5.87. The van der Waals surface area contributed by atoms with Crippen LogP contribution in [0.4, 0.5) is 14.9 Å². The first-order chi connectivity index (χ1) is 11.1. The highest BCUT2D eigenvalue weighted by Crippen LogP contribution is 2.48. The second-order valence-corrected chi connectivity index (χ2v) is 7.32. The predicted molar refractivity (Wildman–Crippen MR) is 91.6 cm³/mol. The topological polar surface area (TPSA) is 84.4 Å². The van der Waals surface area contributed by atoms with Crippen molar-refractivity contribution in [2.45, 2.75) is 29.4 Å². The average molecular weight is 352 g/mol. The minimum Gasteiger partial charge on any atom is -0.274 e. The van der Waals surface area contributed by atoms with Crippen LogP contribution in [0.2, 0.25) is 0 Å². The zero-order valence-corrected chi connectivity index (χ0v) is 13.9. The van der Waals surface area contributed by atoms with E-state index < -0.39 is 11.8 Å². The second kappa shape index (κ2) is 6.88. The number of rotatable bonds is 5. The van der Waals surface area contributed by atoms with Gasteiger partial charge in [0.25, 0.3) is 0 Å². The molecule has 0 saturated heterocycles. The largest absolute Gasteiger partial charge is 0.350 e. The maximum Gasteiger partial charge on any atom is 0.350 e. The molecule has 1 aliphatic rings. The minimum atomic E-state index is -0.685. The van der Waals surface area contributed by atoms with Crippen molar-refractivity contribution in [3.8, 4) is 0 Å². The van der Waals surface area contributed by atoms with Gasteiger partial charge in [-0.1, -0.05) is 6.07 Å².